The molecule has 6 nitrogen and oxygen atoms in total. The number of benzene rings is 2. The van der Waals surface area contributed by atoms with Crippen LogP contribution in [0, 0.1) is 0 Å². The van der Waals surface area contributed by atoms with E-state index in [1.54, 1.807) is 24.3 Å². The maximum atomic E-state index is 12.5. The van der Waals surface area contributed by atoms with Gasteiger partial charge in [-0.25, -0.2) is 8.42 Å². The summed E-state index contributed by atoms with van der Waals surface area (Å²) in [6.07, 6.45) is 1.30. The van der Waals surface area contributed by atoms with Gasteiger partial charge >= 0.3 is 0 Å². The molecular formula is C18H14ClNO5S. The third-order valence-corrected chi connectivity index (χ3v) is 5.40. The summed E-state index contributed by atoms with van der Waals surface area (Å²) >= 11 is 5.81. The molecule has 0 aliphatic carbocycles. The van der Waals surface area contributed by atoms with Gasteiger partial charge in [-0.15, -0.1) is 0 Å². The molecular weight excluding hydrogens is 378 g/mol. The number of aromatic nitrogens is 1. The Bertz CT molecular complexity index is 1070. The number of aromatic hydroxyl groups is 1. The molecule has 3 rings (SSSR count). The largest absolute Gasteiger partial charge is 0.503 e. The van der Waals surface area contributed by atoms with Crippen LogP contribution in [0.15, 0.2) is 76.6 Å². The van der Waals surface area contributed by atoms with Gasteiger partial charge in [-0.05, 0) is 60.7 Å². The molecule has 0 bridgehead atoms. The normalized spacial score (nSPS) is 11.3. The number of hydrogen-bond donors (Lipinski definition) is 1. The van der Waals surface area contributed by atoms with Gasteiger partial charge < -0.3 is 9.84 Å². The molecule has 0 aliphatic heterocycles. The van der Waals surface area contributed by atoms with Crippen molar-refractivity contribution in [2.75, 3.05) is 0 Å². The minimum Gasteiger partial charge on any atom is -0.503 e. The van der Waals surface area contributed by atoms with Crippen molar-refractivity contribution >= 4 is 21.4 Å². The molecule has 8 heteroatoms. The molecule has 2 aromatic carbocycles. The van der Waals surface area contributed by atoms with Gasteiger partial charge in [-0.3, -0.25) is 9.36 Å². The molecule has 0 unspecified atom stereocenters. The van der Waals surface area contributed by atoms with E-state index in [9.17, 15) is 18.3 Å². The second-order valence-electron chi connectivity index (χ2n) is 5.44. The number of nitrogens with zero attached hydrogens (tertiary/aromatic N) is 1. The van der Waals surface area contributed by atoms with Crippen molar-refractivity contribution in [3.63, 3.8) is 0 Å². The highest BCUT2D eigenvalue weighted by molar-refractivity contribution is 7.90. The second-order valence-corrected chi connectivity index (χ2v) is 7.84. The summed E-state index contributed by atoms with van der Waals surface area (Å²) < 4.78 is 31.5. The lowest BCUT2D eigenvalue weighted by molar-refractivity contribution is 0.460. The number of hydrogen-bond acceptors (Lipinski definition) is 5. The molecule has 0 amide bonds. The minimum atomic E-state index is -3.77. The van der Waals surface area contributed by atoms with Crippen molar-refractivity contribution in [1.82, 2.24) is 4.57 Å². The van der Waals surface area contributed by atoms with Crippen LogP contribution in [0.1, 0.15) is 0 Å². The Hall–Kier alpha value is -2.77. The third-order valence-electron chi connectivity index (χ3n) is 3.54. The van der Waals surface area contributed by atoms with Crippen LogP contribution in [0.4, 0.5) is 0 Å². The number of halogens is 1. The van der Waals surface area contributed by atoms with Gasteiger partial charge in [0.2, 0.25) is 0 Å². The van der Waals surface area contributed by atoms with Crippen LogP contribution in [0.5, 0.6) is 17.2 Å². The van der Waals surface area contributed by atoms with E-state index >= 15 is 0 Å². The Kier molecular flexibility index (Phi) is 5.01. The molecule has 0 aliphatic rings. The van der Waals surface area contributed by atoms with Crippen molar-refractivity contribution in [2.24, 2.45) is 0 Å². The third kappa shape index (κ3) is 4.07. The van der Waals surface area contributed by atoms with Crippen molar-refractivity contribution < 1.29 is 18.3 Å². The van der Waals surface area contributed by atoms with E-state index < -0.39 is 27.0 Å². The molecule has 1 N–H and O–H groups in total. The average Bonchev–Trinajstić information content (AvgIpc) is 2.61. The fourth-order valence-corrected chi connectivity index (χ4v) is 3.63. The van der Waals surface area contributed by atoms with E-state index in [1.807, 2.05) is 0 Å². The first kappa shape index (κ1) is 18.0. The van der Waals surface area contributed by atoms with Crippen LogP contribution in [0.3, 0.4) is 0 Å². The quantitative estimate of drug-likeness (QED) is 0.720. The smallest absolute Gasteiger partial charge is 0.293 e. The van der Waals surface area contributed by atoms with E-state index in [4.69, 9.17) is 16.3 Å². The van der Waals surface area contributed by atoms with Crippen molar-refractivity contribution in [1.29, 1.82) is 0 Å². The van der Waals surface area contributed by atoms with Crippen LogP contribution in [-0.4, -0.2) is 18.1 Å². The van der Waals surface area contributed by atoms with Gasteiger partial charge in [0.1, 0.15) is 17.4 Å². The van der Waals surface area contributed by atoms with Crippen molar-refractivity contribution in [3.05, 3.63) is 82.2 Å². The highest BCUT2D eigenvalue weighted by atomic mass is 35.5. The first-order valence-corrected chi connectivity index (χ1v) is 9.53. The minimum absolute atomic E-state index is 0.0381. The molecule has 1 aromatic heterocycles. The van der Waals surface area contributed by atoms with Crippen molar-refractivity contribution in [3.8, 4) is 17.2 Å². The Morgan fingerprint density at radius 2 is 1.54 bits per heavy atom. The zero-order valence-electron chi connectivity index (χ0n) is 13.4. The molecule has 0 saturated carbocycles. The summed E-state index contributed by atoms with van der Waals surface area (Å²) in [7, 11) is -3.77. The standard InChI is InChI=1S/C18H14ClNO5S/c19-13-3-5-14(6-4-13)25-15-7-9-16(10-8-15)26(23,24)12-20-11-1-2-17(21)18(20)22/h1-11,21H,12H2. The topological polar surface area (TPSA) is 85.6 Å². The first-order valence-electron chi connectivity index (χ1n) is 7.50. The molecule has 26 heavy (non-hydrogen) atoms. The Morgan fingerprint density at radius 3 is 2.15 bits per heavy atom. The molecule has 3 aromatic rings. The van der Waals surface area contributed by atoms with Crippen LogP contribution in [-0.2, 0) is 15.7 Å². The van der Waals surface area contributed by atoms with Crippen LogP contribution in [0.25, 0.3) is 0 Å². The monoisotopic (exact) mass is 391 g/mol. The lowest BCUT2D eigenvalue weighted by Gasteiger charge is -2.09. The predicted octanol–water partition coefficient (Wildman–Crippen LogP) is 3.43. The number of rotatable bonds is 5. The SMILES string of the molecule is O=c1c(O)cccn1CS(=O)(=O)c1ccc(Oc2ccc(Cl)cc2)cc1. The van der Waals surface area contributed by atoms with Gasteiger partial charge in [-0.1, -0.05) is 11.6 Å². The molecule has 1 heterocycles. The van der Waals surface area contributed by atoms with E-state index in [-0.39, 0.29) is 4.90 Å². The van der Waals surface area contributed by atoms with Crippen molar-refractivity contribution in [2.45, 2.75) is 10.8 Å². The zero-order valence-corrected chi connectivity index (χ0v) is 14.9. The highest BCUT2D eigenvalue weighted by Crippen LogP contribution is 2.24. The van der Waals surface area contributed by atoms with Gasteiger partial charge in [0.25, 0.3) is 5.56 Å². The number of ether oxygens (including phenoxy) is 1. The van der Waals surface area contributed by atoms with E-state index in [2.05, 4.69) is 0 Å². The Morgan fingerprint density at radius 1 is 0.962 bits per heavy atom. The zero-order chi connectivity index (χ0) is 18.7. The van der Waals surface area contributed by atoms with Gasteiger partial charge in [0.15, 0.2) is 15.6 Å². The first-order chi connectivity index (χ1) is 12.3. The second kappa shape index (κ2) is 7.23. The highest BCUT2D eigenvalue weighted by Gasteiger charge is 2.17. The maximum absolute atomic E-state index is 12.5. The Balaban J connectivity index is 1.79. The van der Waals surface area contributed by atoms with E-state index in [0.29, 0.717) is 16.5 Å². The summed E-state index contributed by atoms with van der Waals surface area (Å²) in [5.74, 6) is -0.0519. The molecule has 0 atom stereocenters. The summed E-state index contributed by atoms with van der Waals surface area (Å²) in [5, 5.41) is 9.99. The fourth-order valence-electron chi connectivity index (χ4n) is 2.24. The van der Waals surface area contributed by atoms with Crippen LogP contribution < -0.4 is 10.3 Å². The summed E-state index contributed by atoms with van der Waals surface area (Å²) in [4.78, 5) is 11.8. The summed E-state index contributed by atoms with van der Waals surface area (Å²) in [6, 6.07) is 15.2. The van der Waals surface area contributed by atoms with Gasteiger partial charge in [0, 0.05) is 11.2 Å². The fraction of sp³-hybridized carbons (Fsp3) is 0.0556. The van der Waals surface area contributed by atoms with E-state index in [1.165, 1.54) is 42.6 Å². The van der Waals surface area contributed by atoms with Gasteiger partial charge in [-0.2, -0.15) is 0 Å². The lowest BCUT2D eigenvalue weighted by atomic mass is 10.3. The summed E-state index contributed by atoms with van der Waals surface area (Å²) in [5.41, 5.74) is -0.765. The van der Waals surface area contributed by atoms with E-state index in [0.717, 1.165) is 4.57 Å². The molecule has 134 valence electrons. The molecule has 0 saturated heterocycles. The molecule has 0 spiro atoms. The average molecular weight is 392 g/mol. The summed E-state index contributed by atoms with van der Waals surface area (Å²) in [6.45, 7) is 0. The lowest BCUT2D eigenvalue weighted by Crippen LogP contribution is -2.23. The Labute approximate surface area is 154 Å². The maximum Gasteiger partial charge on any atom is 0.293 e. The van der Waals surface area contributed by atoms with Crippen LogP contribution >= 0.6 is 11.6 Å². The number of sulfone groups is 1. The van der Waals surface area contributed by atoms with Crippen LogP contribution in [0.2, 0.25) is 5.02 Å². The molecule has 0 radical (unpaired) electrons. The van der Waals surface area contributed by atoms with Gasteiger partial charge in [0.05, 0.1) is 4.90 Å². The molecule has 0 fully saturated rings. The number of pyridine rings is 1. The predicted molar refractivity (Wildman–Crippen MR) is 97.5 cm³/mol.